The molecule has 0 radical (unpaired) electrons. The monoisotopic (exact) mass is 527 g/mol. The van der Waals surface area contributed by atoms with Crippen molar-refractivity contribution in [2.75, 3.05) is 20.6 Å². The number of alkyl halides is 3. The molecule has 0 saturated carbocycles. The van der Waals surface area contributed by atoms with Gasteiger partial charge in [0.05, 0.1) is 19.6 Å². The number of guanidine groups is 1. The van der Waals surface area contributed by atoms with Crippen molar-refractivity contribution in [1.82, 2.24) is 20.5 Å². The fourth-order valence-electron chi connectivity index (χ4n) is 1.93. The van der Waals surface area contributed by atoms with E-state index in [4.69, 9.17) is 0 Å². The van der Waals surface area contributed by atoms with E-state index in [1.165, 1.54) is 4.90 Å². The van der Waals surface area contributed by atoms with E-state index in [0.29, 0.717) is 12.5 Å². The number of rotatable bonds is 6. The fourth-order valence-corrected chi connectivity index (χ4v) is 2.67. The Hall–Kier alpha value is -1.89. The van der Waals surface area contributed by atoms with Gasteiger partial charge in [-0.15, -0.1) is 35.3 Å². The molecule has 2 N–H and O–H groups in total. The number of likely N-dealkylation sites (N-methyl/N-ethyl adjacent to an activating group) is 1. The quantitative estimate of drug-likeness (QED) is 0.344. The summed E-state index contributed by atoms with van der Waals surface area (Å²) in [7, 11) is 3.26. The van der Waals surface area contributed by atoms with Crippen LogP contribution in [0.5, 0.6) is 0 Å². The third kappa shape index (κ3) is 8.00. The number of hydrogen-bond donors (Lipinski definition) is 2. The lowest BCUT2D eigenvalue weighted by atomic mass is 10.2. The van der Waals surface area contributed by atoms with Crippen LogP contribution in [0.25, 0.3) is 0 Å². The summed E-state index contributed by atoms with van der Waals surface area (Å²) < 4.78 is 37.9. The molecule has 0 fully saturated rings. The lowest BCUT2D eigenvalue weighted by molar-refractivity contribution is -0.140. The number of nitrogens with one attached hydrogen (secondary N) is 2. The van der Waals surface area contributed by atoms with E-state index in [-0.39, 0.29) is 48.0 Å². The van der Waals surface area contributed by atoms with Gasteiger partial charge in [0.15, 0.2) is 11.7 Å². The molecule has 0 unspecified atom stereocenters. The number of hydrogen-bond acceptors (Lipinski definition) is 4. The number of benzene rings is 1. The number of carbonyl (C=O) groups is 1. The summed E-state index contributed by atoms with van der Waals surface area (Å²) in [6.45, 7) is 0.439. The molecule has 0 spiro atoms. The third-order valence-electron chi connectivity index (χ3n) is 3.42. The van der Waals surface area contributed by atoms with Crippen molar-refractivity contribution in [1.29, 1.82) is 0 Å². The highest BCUT2D eigenvalue weighted by Gasteiger charge is 2.33. The molecule has 1 aromatic heterocycles. The van der Waals surface area contributed by atoms with Crippen LogP contribution in [-0.4, -0.2) is 42.4 Å². The third-order valence-corrected chi connectivity index (χ3v) is 4.27. The van der Waals surface area contributed by atoms with Gasteiger partial charge in [0.1, 0.15) is 5.01 Å². The standard InChI is InChI=1S/C17H20F3N5OS.HI/c1-25(2)15(26)10-23-16(21-8-12-6-4-3-5-7-12)22-9-14-24-13(11-27-14)17(18,19)20;/h3-7,11H,8-10H2,1-2H3,(H2,21,22,23);1H. The smallest absolute Gasteiger partial charge is 0.350 e. The summed E-state index contributed by atoms with van der Waals surface area (Å²) in [5.74, 6) is 0.163. The Balaban J connectivity index is 0.00000392. The van der Waals surface area contributed by atoms with E-state index in [0.717, 1.165) is 22.3 Å². The van der Waals surface area contributed by atoms with Gasteiger partial charge in [-0.25, -0.2) is 9.98 Å². The van der Waals surface area contributed by atoms with Crippen LogP contribution in [0.4, 0.5) is 13.2 Å². The van der Waals surface area contributed by atoms with Gasteiger partial charge < -0.3 is 15.5 Å². The number of aliphatic imine (C=N–C) groups is 1. The Kier molecular flexibility index (Phi) is 9.65. The van der Waals surface area contributed by atoms with Crippen LogP contribution in [0.3, 0.4) is 0 Å². The molecule has 154 valence electrons. The molecule has 0 bridgehead atoms. The Morgan fingerprint density at radius 3 is 2.46 bits per heavy atom. The lowest BCUT2D eigenvalue weighted by Crippen LogP contribution is -2.42. The molecule has 11 heteroatoms. The second-order valence-electron chi connectivity index (χ2n) is 5.77. The van der Waals surface area contributed by atoms with E-state index in [1.807, 2.05) is 30.3 Å². The van der Waals surface area contributed by atoms with Gasteiger partial charge in [-0.1, -0.05) is 30.3 Å². The maximum atomic E-state index is 12.6. The highest BCUT2D eigenvalue weighted by Crippen LogP contribution is 2.29. The van der Waals surface area contributed by atoms with Crippen LogP contribution in [-0.2, 0) is 24.1 Å². The SMILES string of the molecule is CN(C)C(=O)CNC(=NCc1ccccc1)NCc1nc(C(F)(F)F)cs1.I. The Morgan fingerprint density at radius 1 is 1.21 bits per heavy atom. The molecule has 0 aliphatic carbocycles. The van der Waals surface area contributed by atoms with Crippen LogP contribution in [0.1, 0.15) is 16.3 Å². The van der Waals surface area contributed by atoms with E-state index < -0.39 is 11.9 Å². The zero-order chi connectivity index (χ0) is 19.9. The van der Waals surface area contributed by atoms with Gasteiger partial charge in [-0.05, 0) is 5.56 Å². The van der Waals surface area contributed by atoms with Crippen LogP contribution >= 0.6 is 35.3 Å². The van der Waals surface area contributed by atoms with Crippen molar-refractivity contribution in [2.45, 2.75) is 19.3 Å². The molecule has 1 amide bonds. The maximum absolute atomic E-state index is 12.6. The molecule has 0 aliphatic heterocycles. The normalized spacial score (nSPS) is 11.5. The highest BCUT2D eigenvalue weighted by molar-refractivity contribution is 14.0. The second kappa shape index (κ2) is 11.2. The van der Waals surface area contributed by atoms with E-state index in [2.05, 4.69) is 20.6 Å². The first-order chi connectivity index (χ1) is 12.8. The van der Waals surface area contributed by atoms with Gasteiger partial charge in [0.2, 0.25) is 5.91 Å². The minimum Gasteiger partial charge on any atom is -0.350 e. The number of thiazole rings is 1. The van der Waals surface area contributed by atoms with E-state index >= 15 is 0 Å². The van der Waals surface area contributed by atoms with Crippen molar-refractivity contribution in [3.8, 4) is 0 Å². The van der Waals surface area contributed by atoms with Crippen molar-refractivity contribution in [3.63, 3.8) is 0 Å². The molecule has 0 saturated heterocycles. The van der Waals surface area contributed by atoms with E-state index in [1.54, 1.807) is 14.1 Å². The topological polar surface area (TPSA) is 69.6 Å². The predicted molar refractivity (Wildman–Crippen MR) is 114 cm³/mol. The van der Waals surface area contributed by atoms with Gasteiger partial charge in [0, 0.05) is 19.5 Å². The van der Waals surface area contributed by atoms with Crippen LogP contribution in [0.2, 0.25) is 0 Å². The molecule has 1 aromatic carbocycles. The Bertz CT molecular complexity index is 781. The Morgan fingerprint density at radius 2 is 1.89 bits per heavy atom. The number of halogens is 4. The van der Waals surface area contributed by atoms with Crippen molar-refractivity contribution >= 4 is 47.2 Å². The maximum Gasteiger partial charge on any atom is 0.434 e. The van der Waals surface area contributed by atoms with Crippen molar-refractivity contribution in [3.05, 3.63) is 52.0 Å². The molecule has 0 aliphatic rings. The van der Waals surface area contributed by atoms with Gasteiger partial charge >= 0.3 is 6.18 Å². The highest BCUT2D eigenvalue weighted by atomic mass is 127. The average molecular weight is 527 g/mol. The molecule has 1 heterocycles. The summed E-state index contributed by atoms with van der Waals surface area (Å²) >= 11 is 0.911. The summed E-state index contributed by atoms with van der Waals surface area (Å²) in [5.41, 5.74) is 0.0500. The largest absolute Gasteiger partial charge is 0.434 e. The average Bonchev–Trinajstić information content (AvgIpc) is 3.11. The van der Waals surface area contributed by atoms with Crippen LogP contribution in [0, 0.1) is 0 Å². The van der Waals surface area contributed by atoms with Crippen LogP contribution < -0.4 is 10.6 Å². The molecular formula is C17H21F3IN5OS. The fraction of sp³-hybridized carbons (Fsp3) is 0.353. The number of nitrogens with zero attached hydrogens (tertiary/aromatic N) is 3. The van der Waals surface area contributed by atoms with Gasteiger partial charge in [0.25, 0.3) is 0 Å². The zero-order valence-electron chi connectivity index (χ0n) is 15.3. The first-order valence-electron chi connectivity index (χ1n) is 8.03. The van der Waals surface area contributed by atoms with Crippen molar-refractivity contribution < 1.29 is 18.0 Å². The summed E-state index contributed by atoms with van der Waals surface area (Å²) in [6, 6.07) is 9.47. The number of amides is 1. The predicted octanol–water partition coefficient (Wildman–Crippen LogP) is 3.10. The van der Waals surface area contributed by atoms with Gasteiger partial charge in [-0.3, -0.25) is 4.79 Å². The minimum atomic E-state index is -4.46. The molecule has 28 heavy (non-hydrogen) atoms. The van der Waals surface area contributed by atoms with Crippen LogP contribution in [0.15, 0.2) is 40.7 Å². The first-order valence-corrected chi connectivity index (χ1v) is 8.91. The summed E-state index contributed by atoms with van der Waals surface area (Å²) in [4.78, 5) is 21.1. The molecular weight excluding hydrogens is 506 g/mol. The number of aromatic nitrogens is 1. The Labute approximate surface area is 182 Å². The molecule has 0 atom stereocenters. The van der Waals surface area contributed by atoms with Gasteiger partial charge in [-0.2, -0.15) is 13.2 Å². The van der Waals surface area contributed by atoms with Crippen molar-refractivity contribution in [2.24, 2.45) is 4.99 Å². The first kappa shape index (κ1) is 24.1. The molecule has 2 aromatic rings. The summed E-state index contributed by atoms with van der Waals surface area (Å²) in [5, 5.41) is 7.04. The number of carbonyl (C=O) groups excluding carboxylic acids is 1. The second-order valence-corrected chi connectivity index (χ2v) is 6.71. The molecule has 2 rings (SSSR count). The minimum absolute atomic E-state index is 0. The summed E-state index contributed by atoms with van der Waals surface area (Å²) in [6.07, 6.45) is -4.46. The molecule has 6 nitrogen and oxygen atoms in total. The van der Waals surface area contributed by atoms with E-state index in [9.17, 15) is 18.0 Å². The lowest BCUT2D eigenvalue weighted by Gasteiger charge is -2.14. The zero-order valence-corrected chi connectivity index (χ0v) is 18.4.